The van der Waals surface area contributed by atoms with Crippen molar-refractivity contribution in [2.24, 2.45) is 0 Å². The van der Waals surface area contributed by atoms with Crippen molar-refractivity contribution >= 4 is 23.2 Å². The van der Waals surface area contributed by atoms with Gasteiger partial charge in [-0.3, -0.25) is 14.6 Å². The van der Waals surface area contributed by atoms with Crippen LogP contribution in [-0.2, 0) is 4.79 Å². The molecule has 2 aliphatic heterocycles. The lowest BCUT2D eigenvalue weighted by Gasteiger charge is -2.31. The summed E-state index contributed by atoms with van der Waals surface area (Å²) in [6.07, 6.45) is 1.50. The third kappa shape index (κ3) is 2.88. The first-order chi connectivity index (χ1) is 13.6. The van der Waals surface area contributed by atoms with Gasteiger partial charge in [0.2, 0.25) is 5.91 Å². The van der Waals surface area contributed by atoms with Gasteiger partial charge < -0.3 is 14.2 Å². The van der Waals surface area contributed by atoms with Gasteiger partial charge in [0.1, 0.15) is 11.9 Å². The van der Waals surface area contributed by atoms with Gasteiger partial charge in [-0.05, 0) is 37.1 Å². The van der Waals surface area contributed by atoms with E-state index in [1.807, 2.05) is 18.2 Å². The number of anilines is 1. The lowest BCUT2D eigenvalue weighted by Crippen LogP contribution is -2.33. The number of amides is 1. The molecule has 2 unspecified atom stereocenters. The molecule has 28 heavy (non-hydrogen) atoms. The molecule has 4 rings (SSSR count). The van der Waals surface area contributed by atoms with Crippen molar-refractivity contribution in [1.29, 1.82) is 0 Å². The average Bonchev–Trinajstić information content (AvgIpc) is 3.29. The molecule has 0 saturated carbocycles. The van der Waals surface area contributed by atoms with Crippen molar-refractivity contribution < 1.29 is 19.0 Å². The van der Waals surface area contributed by atoms with E-state index in [9.17, 15) is 4.79 Å². The van der Waals surface area contributed by atoms with Crippen LogP contribution in [0, 0.1) is 0 Å². The van der Waals surface area contributed by atoms with Crippen LogP contribution >= 0.6 is 11.6 Å². The van der Waals surface area contributed by atoms with Gasteiger partial charge in [-0.25, -0.2) is 0 Å². The first-order valence-electron chi connectivity index (χ1n) is 9.24. The second kappa shape index (κ2) is 7.53. The van der Waals surface area contributed by atoms with E-state index < -0.39 is 0 Å². The van der Waals surface area contributed by atoms with Crippen LogP contribution < -0.4 is 19.1 Å². The van der Waals surface area contributed by atoms with E-state index in [2.05, 4.69) is 4.90 Å². The van der Waals surface area contributed by atoms with Crippen molar-refractivity contribution in [1.82, 2.24) is 4.90 Å². The minimum Gasteiger partial charge on any atom is -0.495 e. The Morgan fingerprint density at radius 3 is 2.54 bits per heavy atom. The molecule has 0 N–H and O–H groups in total. The number of hydrogen-bond donors (Lipinski definition) is 0. The predicted molar refractivity (Wildman–Crippen MR) is 108 cm³/mol. The molecule has 0 bridgehead atoms. The SMILES string of the molecule is COc1ccc(Cl)cc1N1C(=O)C2CCCN2C1c1cccc(OC)c1OC. The van der Waals surface area contributed by atoms with Crippen LogP contribution in [0.4, 0.5) is 5.69 Å². The molecule has 2 atom stereocenters. The smallest absolute Gasteiger partial charge is 0.246 e. The number of hydrogen-bond acceptors (Lipinski definition) is 5. The standard InChI is InChI=1S/C21H23ClN2O4/c1-26-17-10-9-13(22)12-16(17)24-20(23-11-5-7-15(23)21(24)25)14-6-4-8-18(27-2)19(14)28-3/h4,6,8-10,12,15,20H,5,7,11H2,1-3H3. The van der Waals surface area contributed by atoms with E-state index in [-0.39, 0.29) is 18.1 Å². The summed E-state index contributed by atoms with van der Waals surface area (Å²) in [5.41, 5.74) is 1.53. The van der Waals surface area contributed by atoms with E-state index in [0.29, 0.717) is 28.0 Å². The van der Waals surface area contributed by atoms with Crippen molar-refractivity contribution in [2.75, 3.05) is 32.8 Å². The van der Waals surface area contributed by atoms with Gasteiger partial charge in [0.15, 0.2) is 11.5 Å². The number of fused-ring (bicyclic) bond motifs is 1. The molecule has 2 heterocycles. The summed E-state index contributed by atoms with van der Waals surface area (Å²) in [6, 6.07) is 10.9. The van der Waals surface area contributed by atoms with E-state index >= 15 is 0 Å². The lowest BCUT2D eigenvalue weighted by molar-refractivity contribution is -0.119. The fraction of sp³-hybridized carbons (Fsp3) is 0.381. The average molecular weight is 403 g/mol. The third-order valence-corrected chi connectivity index (χ3v) is 5.72. The maximum Gasteiger partial charge on any atom is 0.246 e. The molecule has 2 aromatic carbocycles. The highest BCUT2D eigenvalue weighted by Crippen LogP contribution is 2.49. The summed E-state index contributed by atoms with van der Waals surface area (Å²) in [5.74, 6) is 1.91. The number of nitrogens with zero attached hydrogens (tertiary/aromatic N) is 2. The van der Waals surface area contributed by atoms with Gasteiger partial charge in [-0.1, -0.05) is 23.7 Å². The summed E-state index contributed by atoms with van der Waals surface area (Å²) < 4.78 is 16.7. The first kappa shape index (κ1) is 18.9. The number of carbonyl (C=O) groups excluding carboxylic acids is 1. The number of carbonyl (C=O) groups is 1. The van der Waals surface area contributed by atoms with Crippen LogP contribution in [0.2, 0.25) is 5.02 Å². The minimum absolute atomic E-state index is 0.0490. The summed E-state index contributed by atoms with van der Waals surface area (Å²) in [5, 5.41) is 0.548. The Balaban J connectivity index is 1.91. The van der Waals surface area contributed by atoms with Gasteiger partial charge in [-0.2, -0.15) is 0 Å². The Kier molecular flexibility index (Phi) is 5.08. The predicted octanol–water partition coefficient (Wildman–Crippen LogP) is 3.88. The molecule has 2 saturated heterocycles. The summed E-state index contributed by atoms with van der Waals surface area (Å²) in [4.78, 5) is 17.4. The minimum atomic E-state index is -0.322. The zero-order valence-corrected chi connectivity index (χ0v) is 16.9. The normalized spacial score (nSPS) is 21.7. The molecule has 6 nitrogen and oxygen atoms in total. The van der Waals surface area contributed by atoms with Crippen LogP contribution in [0.1, 0.15) is 24.6 Å². The molecular formula is C21H23ClN2O4. The van der Waals surface area contributed by atoms with Crippen LogP contribution in [0.25, 0.3) is 0 Å². The highest BCUT2D eigenvalue weighted by molar-refractivity contribution is 6.31. The van der Waals surface area contributed by atoms with E-state index in [4.69, 9.17) is 25.8 Å². The maximum absolute atomic E-state index is 13.4. The molecule has 1 amide bonds. The highest BCUT2D eigenvalue weighted by atomic mass is 35.5. The number of halogens is 1. The lowest BCUT2D eigenvalue weighted by atomic mass is 10.1. The van der Waals surface area contributed by atoms with E-state index in [0.717, 1.165) is 24.9 Å². The second-order valence-corrected chi connectivity index (χ2v) is 7.31. The Morgan fingerprint density at radius 2 is 1.82 bits per heavy atom. The molecule has 148 valence electrons. The Bertz CT molecular complexity index is 904. The van der Waals surface area contributed by atoms with Crippen LogP contribution in [0.3, 0.4) is 0 Å². The molecule has 2 aliphatic rings. The van der Waals surface area contributed by atoms with Crippen LogP contribution in [0.5, 0.6) is 17.2 Å². The molecule has 0 aliphatic carbocycles. The molecular weight excluding hydrogens is 380 g/mol. The van der Waals surface area contributed by atoms with Crippen LogP contribution in [0.15, 0.2) is 36.4 Å². The Labute approximate surface area is 169 Å². The number of methoxy groups -OCH3 is 3. The van der Waals surface area contributed by atoms with Crippen molar-refractivity contribution in [3.05, 3.63) is 47.0 Å². The molecule has 7 heteroatoms. The van der Waals surface area contributed by atoms with Crippen LogP contribution in [-0.4, -0.2) is 44.7 Å². The molecule has 0 spiro atoms. The van der Waals surface area contributed by atoms with Gasteiger partial charge in [0, 0.05) is 17.1 Å². The zero-order valence-electron chi connectivity index (χ0n) is 16.1. The van der Waals surface area contributed by atoms with E-state index in [1.165, 1.54) is 0 Å². The fourth-order valence-electron chi connectivity index (χ4n) is 4.31. The maximum atomic E-state index is 13.4. The number of benzene rings is 2. The van der Waals surface area contributed by atoms with E-state index in [1.54, 1.807) is 44.4 Å². The topological polar surface area (TPSA) is 51.2 Å². The van der Waals surface area contributed by atoms with Gasteiger partial charge in [-0.15, -0.1) is 0 Å². The molecule has 2 aromatic rings. The van der Waals surface area contributed by atoms with Crippen molar-refractivity contribution in [2.45, 2.75) is 25.0 Å². The Morgan fingerprint density at radius 1 is 1.04 bits per heavy atom. The van der Waals surface area contributed by atoms with Crippen molar-refractivity contribution in [3.8, 4) is 17.2 Å². The van der Waals surface area contributed by atoms with Gasteiger partial charge >= 0.3 is 0 Å². The first-order valence-corrected chi connectivity index (χ1v) is 9.61. The van der Waals surface area contributed by atoms with Crippen molar-refractivity contribution in [3.63, 3.8) is 0 Å². The quantitative estimate of drug-likeness (QED) is 0.759. The summed E-state index contributed by atoms with van der Waals surface area (Å²) in [7, 11) is 4.82. The number of ether oxygens (including phenoxy) is 3. The fourth-order valence-corrected chi connectivity index (χ4v) is 4.48. The highest BCUT2D eigenvalue weighted by Gasteiger charge is 2.51. The van der Waals surface area contributed by atoms with Gasteiger partial charge in [0.05, 0.1) is 33.1 Å². The third-order valence-electron chi connectivity index (χ3n) is 5.49. The second-order valence-electron chi connectivity index (χ2n) is 6.88. The zero-order chi connectivity index (χ0) is 19.8. The summed E-state index contributed by atoms with van der Waals surface area (Å²) >= 11 is 6.27. The largest absolute Gasteiger partial charge is 0.495 e. The van der Waals surface area contributed by atoms with Gasteiger partial charge in [0.25, 0.3) is 0 Å². The molecule has 2 fully saturated rings. The molecule has 0 aromatic heterocycles. The summed E-state index contributed by atoms with van der Waals surface area (Å²) in [6.45, 7) is 0.834. The number of para-hydroxylation sites is 1. The molecule has 0 radical (unpaired) electrons. The number of rotatable bonds is 5. The monoisotopic (exact) mass is 402 g/mol. The Hall–Kier alpha value is -2.44.